The van der Waals surface area contributed by atoms with E-state index in [0.717, 1.165) is 5.56 Å². The van der Waals surface area contributed by atoms with Gasteiger partial charge in [0.05, 0.1) is 7.11 Å². The van der Waals surface area contributed by atoms with Gasteiger partial charge in [0.1, 0.15) is 6.04 Å². The van der Waals surface area contributed by atoms with E-state index in [1.165, 1.54) is 7.11 Å². The van der Waals surface area contributed by atoms with Crippen LogP contribution < -0.4 is 10.5 Å². The molecule has 1 unspecified atom stereocenters. The zero-order valence-corrected chi connectivity index (χ0v) is 7.80. The molecule has 3 N–H and O–H groups in total. The van der Waals surface area contributed by atoms with Crippen LogP contribution in [0.5, 0.6) is 5.88 Å². The average Bonchev–Trinajstić information content (AvgIpc) is 2.19. The molecule has 0 aliphatic heterocycles. The van der Waals surface area contributed by atoms with Crippen LogP contribution in [0.15, 0.2) is 18.3 Å². The monoisotopic (exact) mass is 196 g/mol. The van der Waals surface area contributed by atoms with Crippen molar-refractivity contribution in [2.24, 2.45) is 5.73 Å². The minimum atomic E-state index is -1.01. The number of carbonyl (C=O) groups is 1. The van der Waals surface area contributed by atoms with Crippen LogP contribution in [0.3, 0.4) is 0 Å². The molecule has 0 amide bonds. The summed E-state index contributed by atoms with van der Waals surface area (Å²) in [5, 5.41) is 8.57. The number of ether oxygens (including phenoxy) is 1. The maximum Gasteiger partial charge on any atom is 0.320 e. The normalized spacial score (nSPS) is 12.1. The third kappa shape index (κ3) is 2.70. The molecule has 0 saturated carbocycles. The van der Waals surface area contributed by atoms with E-state index in [1.807, 2.05) is 0 Å². The number of aromatic nitrogens is 1. The molecule has 5 heteroatoms. The van der Waals surface area contributed by atoms with Crippen molar-refractivity contribution in [1.29, 1.82) is 0 Å². The number of aliphatic carboxylic acids is 1. The van der Waals surface area contributed by atoms with E-state index in [9.17, 15) is 4.79 Å². The summed E-state index contributed by atoms with van der Waals surface area (Å²) in [4.78, 5) is 14.4. The molecule has 0 bridgehead atoms. The molecule has 0 aromatic carbocycles. The van der Waals surface area contributed by atoms with E-state index in [-0.39, 0.29) is 6.42 Å². The van der Waals surface area contributed by atoms with E-state index < -0.39 is 12.0 Å². The van der Waals surface area contributed by atoms with Crippen LogP contribution in [-0.4, -0.2) is 29.2 Å². The highest BCUT2D eigenvalue weighted by Gasteiger charge is 2.11. The highest BCUT2D eigenvalue weighted by molar-refractivity contribution is 5.73. The van der Waals surface area contributed by atoms with Crippen molar-refractivity contribution >= 4 is 5.97 Å². The topological polar surface area (TPSA) is 85.4 Å². The molecule has 0 radical (unpaired) electrons. The van der Waals surface area contributed by atoms with Crippen LogP contribution in [0.25, 0.3) is 0 Å². The van der Waals surface area contributed by atoms with Gasteiger partial charge in [-0.1, -0.05) is 6.07 Å². The summed E-state index contributed by atoms with van der Waals surface area (Å²) < 4.78 is 4.86. The largest absolute Gasteiger partial charge is 0.481 e. The number of methoxy groups -OCH3 is 1. The number of carboxylic acids is 1. The van der Waals surface area contributed by atoms with E-state index in [2.05, 4.69) is 4.98 Å². The van der Waals surface area contributed by atoms with Crippen molar-refractivity contribution in [3.05, 3.63) is 23.9 Å². The zero-order valence-electron chi connectivity index (χ0n) is 7.80. The van der Waals surface area contributed by atoms with Crippen molar-refractivity contribution in [2.75, 3.05) is 7.11 Å². The standard InChI is InChI=1S/C9H12N2O3/c1-14-8-3-2-6(5-11-8)4-7(10)9(12)13/h2-3,5,7H,4,10H2,1H3,(H,12,13). The minimum absolute atomic E-state index is 0.270. The second kappa shape index (κ2) is 4.57. The fraction of sp³-hybridized carbons (Fsp3) is 0.333. The van der Waals surface area contributed by atoms with Gasteiger partial charge in [-0.25, -0.2) is 4.98 Å². The number of hydrogen-bond acceptors (Lipinski definition) is 4. The van der Waals surface area contributed by atoms with Crippen LogP contribution in [-0.2, 0) is 11.2 Å². The molecule has 0 aliphatic rings. The SMILES string of the molecule is COc1ccc(CC(N)C(=O)O)cn1. The zero-order chi connectivity index (χ0) is 10.6. The summed E-state index contributed by atoms with van der Waals surface area (Å²) in [6.07, 6.45) is 1.83. The second-order valence-electron chi connectivity index (χ2n) is 2.86. The molecule has 76 valence electrons. The summed E-state index contributed by atoms with van der Waals surface area (Å²) in [6, 6.07) is 2.53. The molecule has 1 atom stereocenters. The van der Waals surface area contributed by atoms with E-state index in [4.69, 9.17) is 15.6 Å². The predicted octanol–water partition coefficient (Wildman–Crippen LogP) is 0.0446. The molecule has 14 heavy (non-hydrogen) atoms. The molecule has 1 heterocycles. The summed E-state index contributed by atoms with van der Waals surface area (Å²) >= 11 is 0. The number of nitrogens with two attached hydrogens (primary N) is 1. The smallest absolute Gasteiger partial charge is 0.320 e. The second-order valence-corrected chi connectivity index (χ2v) is 2.86. The number of rotatable bonds is 4. The van der Waals surface area contributed by atoms with Gasteiger partial charge in [-0.05, 0) is 12.0 Å². The summed E-state index contributed by atoms with van der Waals surface area (Å²) in [5.74, 6) is -0.515. The Bertz CT molecular complexity index is 310. The van der Waals surface area contributed by atoms with Crippen molar-refractivity contribution in [3.63, 3.8) is 0 Å². The molecule has 1 aromatic rings. The van der Waals surface area contributed by atoms with Gasteiger partial charge in [-0.3, -0.25) is 4.79 Å². The number of nitrogens with zero attached hydrogens (tertiary/aromatic N) is 1. The lowest BCUT2D eigenvalue weighted by molar-refractivity contribution is -0.138. The van der Waals surface area contributed by atoms with Crippen molar-refractivity contribution < 1.29 is 14.6 Å². The maximum absolute atomic E-state index is 10.5. The lowest BCUT2D eigenvalue weighted by Crippen LogP contribution is -2.32. The van der Waals surface area contributed by atoms with Crippen molar-refractivity contribution in [3.8, 4) is 5.88 Å². The van der Waals surface area contributed by atoms with Gasteiger partial charge in [0, 0.05) is 12.3 Å². The Hall–Kier alpha value is -1.62. The number of hydrogen-bond donors (Lipinski definition) is 2. The number of pyridine rings is 1. The van der Waals surface area contributed by atoms with E-state index in [0.29, 0.717) is 5.88 Å². The Kier molecular flexibility index (Phi) is 3.41. The molecular formula is C9H12N2O3. The molecule has 0 saturated heterocycles. The summed E-state index contributed by atoms with van der Waals surface area (Å²) in [6.45, 7) is 0. The van der Waals surface area contributed by atoms with Gasteiger partial charge in [-0.15, -0.1) is 0 Å². The Morgan fingerprint density at radius 1 is 1.71 bits per heavy atom. The Balaban J connectivity index is 2.64. The Morgan fingerprint density at radius 2 is 2.43 bits per heavy atom. The summed E-state index contributed by atoms with van der Waals surface area (Å²) in [5.41, 5.74) is 6.14. The third-order valence-corrected chi connectivity index (χ3v) is 1.78. The maximum atomic E-state index is 10.5. The van der Waals surface area contributed by atoms with Crippen LogP contribution in [0, 0.1) is 0 Å². The molecule has 1 aromatic heterocycles. The first kappa shape index (κ1) is 10.5. The average molecular weight is 196 g/mol. The fourth-order valence-corrected chi connectivity index (χ4v) is 0.994. The lowest BCUT2D eigenvalue weighted by atomic mass is 10.1. The van der Waals surface area contributed by atoms with E-state index in [1.54, 1.807) is 18.3 Å². The van der Waals surface area contributed by atoms with Gasteiger partial charge in [0.25, 0.3) is 0 Å². The molecule has 1 rings (SSSR count). The first-order chi connectivity index (χ1) is 6.63. The molecule has 0 spiro atoms. The minimum Gasteiger partial charge on any atom is -0.481 e. The van der Waals surface area contributed by atoms with Crippen LogP contribution >= 0.6 is 0 Å². The number of carboxylic acid groups (broad SMARTS) is 1. The van der Waals surface area contributed by atoms with Crippen LogP contribution in [0.1, 0.15) is 5.56 Å². The molecule has 0 fully saturated rings. The quantitative estimate of drug-likeness (QED) is 0.710. The van der Waals surface area contributed by atoms with Gasteiger partial charge in [-0.2, -0.15) is 0 Å². The molecular weight excluding hydrogens is 184 g/mol. The lowest BCUT2D eigenvalue weighted by Gasteiger charge is -2.06. The predicted molar refractivity (Wildman–Crippen MR) is 50.1 cm³/mol. The fourth-order valence-electron chi connectivity index (χ4n) is 0.994. The van der Waals surface area contributed by atoms with Crippen molar-refractivity contribution in [2.45, 2.75) is 12.5 Å². The van der Waals surface area contributed by atoms with Gasteiger partial charge in [0.15, 0.2) is 0 Å². The Morgan fingerprint density at radius 3 is 2.86 bits per heavy atom. The van der Waals surface area contributed by atoms with Gasteiger partial charge in [0.2, 0.25) is 5.88 Å². The first-order valence-electron chi connectivity index (χ1n) is 4.11. The third-order valence-electron chi connectivity index (χ3n) is 1.78. The highest BCUT2D eigenvalue weighted by atomic mass is 16.5. The summed E-state index contributed by atoms with van der Waals surface area (Å²) in [7, 11) is 1.52. The van der Waals surface area contributed by atoms with Crippen LogP contribution in [0.2, 0.25) is 0 Å². The Labute approximate surface area is 81.5 Å². The highest BCUT2D eigenvalue weighted by Crippen LogP contribution is 2.07. The molecule has 0 aliphatic carbocycles. The van der Waals surface area contributed by atoms with Gasteiger partial charge < -0.3 is 15.6 Å². The van der Waals surface area contributed by atoms with E-state index >= 15 is 0 Å². The molecule has 5 nitrogen and oxygen atoms in total. The van der Waals surface area contributed by atoms with Crippen LogP contribution in [0.4, 0.5) is 0 Å². The first-order valence-corrected chi connectivity index (χ1v) is 4.11. The van der Waals surface area contributed by atoms with Gasteiger partial charge >= 0.3 is 5.97 Å². The van der Waals surface area contributed by atoms with Crippen molar-refractivity contribution in [1.82, 2.24) is 4.98 Å².